The Hall–Kier alpha value is -3.66. The SMILES string of the molecule is CNC(=O)[C@H](Cc1ccccc1)N(Cc1cccc(Br)c1)C(=O)CN(c1ccc(Cl)cc1C)S(=O)(=O)c1ccccc1. The largest absolute Gasteiger partial charge is 0.357 e. The van der Waals surface area contributed by atoms with E-state index in [0.717, 1.165) is 19.9 Å². The summed E-state index contributed by atoms with van der Waals surface area (Å²) in [7, 11) is -2.65. The van der Waals surface area contributed by atoms with E-state index in [4.69, 9.17) is 11.6 Å². The van der Waals surface area contributed by atoms with E-state index < -0.39 is 28.5 Å². The molecule has 4 aromatic carbocycles. The lowest BCUT2D eigenvalue weighted by Gasteiger charge is -2.34. The zero-order valence-electron chi connectivity index (χ0n) is 23.2. The number of hydrogen-bond donors (Lipinski definition) is 1. The smallest absolute Gasteiger partial charge is 0.264 e. The number of benzene rings is 4. The Morgan fingerprint density at radius 1 is 0.881 bits per heavy atom. The number of hydrogen-bond acceptors (Lipinski definition) is 4. The van der Waals surface area contributed by atoms with Crippen LogP contribution in [-0.4, -0.2) is 44.8 Å². The highest BCUT2D eigenvalue weighted by molar-refractivity contribution is 9.10. The Morgan fingerprint density at radius 2 is 1.52 bits per heavy atom. The molecule has 0 aromatic heterocycles. The van der Waals surface area contributed by atoms with Crippen LogP contribution >= 0.6 is 27.5 Å². The molecular weight excluding hydrogens is 638 g/mol. The van der Waals surface area contributed by atoms with E-state index in [2.05, 4.69) is 21.2 Å². The number of aryl methyl sites for hydroxylation is 1. The molecule has 4 aromatic rings. The van der Waals surface area contributed by atoms with Crippen LogP contribution in [0.15, 0.2) is 112 Å². The van der Waals surface area contributed by atoms with Crippen molar-refractivity contribution in [3.63, 3.8) is 0 Å². The first kappa shape index (κ1) is 31.3. The van der Waals surface area contributed by atoms with Crippen molar-refractivity contribution in [3.8, 4) is 0 Å². The second-order valence-electron chi connectivity index (χ2n) is 9.73. The molecule has 0 fully saturated rings. The summed E-state index contributed by atoms with van der Waals surface area (Å²) >= 11 is 9.67. The van der Waals surface area contributed by atoms with Crippen molar-refractivity contribution in [1.82, 2.24) is 10.2 Å². The molecule has 42 heavy (non-hydrogen) atoms. The molecule has 10 heteroatoms. The molecule has 0 bridgehead atoms. The Morgan fingerprint density at radius 3 is 2.14 bits per heavy atom. The van der Waals surface area contributed by atoms with Crippen molar-refractivity contribution >= 4 is 55.1 Å². The van der Waals surface area contributed by atoms with Gasteiger partial charge in [0.2, 0.25) is 11.8 Å². The standard InChI is InChI=1S/C32H31BrClN3O4S/c1-23-18-27(34)16-17-29(23)37(42(40,41)28-14-7-4-8-15-28)22-31(38)36(21-25-12-9-13-26(33)19-25)30(32(39)35-2)20-24-10-5-3-6-11-24/h3-19,30H,20-22H2,1-2H3,(H,35,39)/t30-/m0/s1. The van der Waals surface area contributed by atoms with Crippen molar-refractivity contribution in [2.45, 2.75) is 30.8 Å². The minimum atomic E-state index is -4.17. The number of carbonyl (C=O) groups is 2. The van der Waals surface area contributed by atoms with Crippen molar-refractivity contribution in [2.24, 2.45) is 0 Å². The summed E-state index contributed by atoms with van der Waals surface area (Å²) < 4.78 is 29.9. The van der Waals surface area contributed by atoms with E-state index in [1.165, 1.54) is 24.1 Å². The maximum atomic E-state index is 14.3. The number of anilines is 1. The van der Waals surface area contributed by atoms with Gasteiger partial charge in [-0.15, -0.1) is 0 Å². The van der Waals surface area contributed by atoms with E-state index in [0.29, 0.717) is 16.3 Å². The summed E-state index contributed by atoms with van der Waals surface area (Å²) in [5.74, 6) is -0.893. The van der Waals surface area contributed by atoms with Gasteiger partial charge in [0.05, 0.1) is 10.6 Å². The summed E-state index contributed by atoms with van der Waals surface area (Å²) in [6, 6.07) is 28.7. The fraction of sp³-hybridized carbons (Fsp3) is 0.188. The minimum Gasteiger partial charge on any atom is -0.357 e. The molecular formula is C32H31BrClN3O4S. The lowest BCUT2D eigenvalue weighted by atomic mass is 10.0. The van der Waals surface area contributed by atoms with Crippen LogP contribution in [-0.2, 0) is 32.6 Å². The van der Waals surface area contributed by atoms with E-state index in [-0.39, 0.29) is 23.8 Å². The molecule has 1 atom stereocenters. The third-order valence-corrected chi connectivity index (χ3v) is 9.30. The molecule has 0 aliphatic rings. The first-order valence-electron chi connectivity index (χ1n) is 13.2. The molecule has 0 aliphatic heterocycles. The number of rotatable bonds is 11. The number of nitrogens with zero attached hydrogens (tertiary/aromatic N) is 2. The summed E-state index contributed by atoms with van der Waals surface area (Å²) in [6.07, 6.45) is 0.242. The number of sulfonamides is 1. The van der Waals surface area contributed by atoms with Crippen molar-refractivity contribution in [3.05, 3.63) is 129 Å². The predicted octanol–water partition coefficient (Wildman–Crippen LogP) is 5.99. The molecule has 7 nitrogen and oxygen atoms in total. The molecule has 4 rings (SSSR count). The Bertz CT molecular complexity index is 1650. The number of nitrogens with one attached hydrogen (secondary N) is 1. The second kappa shape index (κ2) is 14.0. The van der Waals surface area contributed by atoms with Crippen LogP contribution in [0.3, 0.4) is 0 Å². The monoisotopic (exact) mass is 667 g/mol. The third kappa shape index (κ3) is 7.59. The molecule has 0 unspecified atom stereocenters. The summed E-state index contributed by atoms with van der Waals surface area (Å²) in [5, 5.41) is 3.13. The van der Waals surface area contributed by atoms with Gasteiger partial charge >= 0.3 is 0 Å². The Kier molecular flexibility index (Phi) is 10.4. The number of carbonyl (C=O) groups excluding carboxylic acids is 2. The van der Waals surface area contributed by atoms with E-state index >= 15 is 0 Å². The first-order chi connectivity index (χ1) is 20.1. The quantitative estimate of drug-likeness (QED) is 0.213. The van der Waals surface area contributed by atoms with Gasteiger partial charge in [0, 0.05) is 29.5 Å². The normalized spacial score (nSPS) is 11.9. The molecule has 1 N–H and O–H groups in total. The maximum Gasteiger partial charge on any atom is 0.264 e. The van der Waals surface area contributed by atoms with Crippen molar-refractivity contribution in [1.29, 1.82) is 0 Å². The summed E-state index contributed by atoms with van der Waals surface area (Å²) in [4.78, 5) is 29.1. The highest BCUT2D eigenvalue weighted by atomic mass is 79.9. The molecule has 0 saturated heterocycles. The third-order valence-electron chi connectivity index (χ3n) is 6.80. The van der Waals surface area contributed by atoms with Gasteiger partial charge in [0.25, 0.3) is 10.0 Å². The van der Waals surface area contributed by atoms with Crippen LogP contribution in [0.4, 0.5) is 5.69 Å². The lowest BCUT2D eigenvalue weighted by molar-refractivity contribution is -0.139. The summed E-state index contributed by atoms with van der Waals surface area (Å²) in [5.41, 5.74) is 2.54. The molecule has 0 heterocycles. The fourth-order valence-corrected chi connectivity index (χ4v) is 6.86. The average molecular weight is 669 g/mol. The Balaban J connectivity index is 1.81. The fourth-order valence-electron chi connectivity index (χ4n) is 4.68. The number of likely N-dealkylation sites (N-methyl/N-ethyl adjacent to an activating group) is 1. The Labute approximate surface area is 260 Å². The van der Waals surface area contributed by atoms with Gasteiger partial charge in [-0.1, -0.05) is 88.2 Å². The highest BCUT2D eigenvalue weighted by Crippen LogP contribution is 2.29. The number of amides is 2. The molecule has 218 valence electrons. The van der Waals surface area contributed by atoms with Gasteiger partial charge in [-0.05, 0) is 66.1 Å². The lowest BCUT2D eigenvalue weighted by Crippen LogP contribution is -2.53. The van der Waals surface area contributed by atoms with Crippen molar-refractivity contribution in [2.75, 3.05) is 17.9 Å². The molecule has 2 amide bonds. The van der Waals surface area contributed by atoms with Gasteiger partial charge in [0.1, 0.15) is 12.6 Å². The van der Waals surface area contributed by atoms with Gasteiger partial charge < -0.3 is 10.2 Å². The van der Waals surface area contributed by atoms with Crippen molar-refractivity contribution < 1.29 is 18.0 Å². The van der Waals surface area contributed by atoms with E-state index in [9.17, 15) is 18.0 Å². The van der Waals surface area contributed by atoms with Crippen LogP contribution in [0, 0.1) is 6.92 Å². The molecule has 0 radical (unpaired) electrons. The van der Waals surface area contributed by atoms with Crippen LogP contribution in [0.1, 0.15) is 16.7 Å². The van der Waals surface area contributed by atoms with Gasteiger partial charge in [-0.2, -0.15) is 0 Å². The van der Waals surface area contributed by atoms with Crippen LogP contribution in [0.2, 0.25) is 5.02 Å². The van der Waals surface area contributed by atoms with Crippen LogP contribution in [0.25, 0.3) is 0 Å². The van der Waals surface area contributed by atoms with Crippen LogP contribution in [0.5, 0.6) is 0 Å². The van der Waals surface area contributed by atoms with E-state index in [1.807, 2.05) is 54.6 Å². The van der Waals surface area contributed by atoms with Gasteiger partial charge in [-0.25, -0.2) is 8.42 Å². The molecule has 0 aliphatic carbocycles. The first-order valence-corrected chi connectivity index (χ1v) is 15.8. The van der Waals surface area contributed by atoms with Crippen LogP contribution < -0.4 is 9.62 Å². The van der Waals surface area contributed by atoms with E-state index in [1.54, 1.807) is 43.3 Å². The maximum absolute atomic E-state index is 14.3. The predicted molar refractivity (Wildman–Crippen MR) is 170 cm³/mol. The number of halogens is 2. The zero-order valence-corrected chi connectivity index (χ0v) is 26.4. The second-order valence-corrected chi connectivity index (χ2v) is 12.9. The highest BCUT2D eigenvalue weighted by Gasteiger charge is 2.34. The summed E-state index contributed by atoms with van der Waals surface area (Å²) in [6.45, 7) is 1.29. The molecule has 0 spiro atoms. The topological polar surface area (TPSA) is 86.8 Å². The molecule has 0 saturated carbocycles. The zero-order chi connectivity index (χ0) is 30.3. The van der Waals surface area contributed by atoms with Gasteiger partial charge in [-0.3, -0.25) is 13.9 Å². The average Bonchev–Trinajstić information content (AvgIpc) is 2.98. The van der Waals surface area contributed by atoms with Gasteiger partial charge in [0.15, 0.2) is 0 Å². The minimum absolute atomic E-state index is 0.0397.